The molecule has 0 aromatic carbocycles. The van der Waals surface area contributed by atoms with Crippen LogP contribution >= 0.6 is 0 Å². The Bertz CT molecular complexity index is 589. The zero-order valence-corrected chi connectivity index (χ0v) is 11.0. The predicted molar refractivity (Wildman–Crippen MR) is 68.5 cm³/mol. The summed E-state index contributed by atoms with van der Waals surface area (Å²) in [5.41, 5.74) is 0.839. The van der Waals surface area contributed by atoms with Crippen LogP contribution in [-0.4, -0.2) is 43.2 Å². The third-order valence-corrected chi connectivity index (χ3v) is 3.49. The van der Waals surface area contributed by atoms with E-state index in [1.165, 1.54) is 0 Å². The number of aryl methyl sites for hydroxylation is 2. The van der Waals surface area contributed by atoms with Crippen molar-refractivity contribution in [2.45, 2.75) is 18.9 Å². The lowest BCUT2D eigenvalue weighted by Gasteiger charge is -2.46. The van der Waals surface area contributed by atoms with Crippen molar-refractivity contribution in [1.82, 2.24) is 25.0 Å². The summed E-state index contributed by atoms with van der Waals surface area (Å²) in [7, 11) is 1.78. The minimum Gasteiger partial charge on any atom is -0.380 e. The number of hydrogen-bond donors (Lipinski definition) is 1. The van der Waals surface area contributed by atoms with Gasteiger partial charge in [-0.2, -0.15) is 0 Å². The van der Waals surface area contributed by atoms with Gasteiger partial charge in [-0.3, -0.25) is 0 Å². The topological polar surface area (TPSA) is 80.0 Å². The van der Waals surface area contributed by atoms with Crippen molar-refractivity contribution >= 4 is 5.82 Å². The van der Waals surface area contributed by atoms with Crippen molar-refractivity contribution in [2.24, 2.45) is 7.05 Å². The Morgan fingerprint density at radius 2 is 2.16 bits per heavy atom. The number of nitrogens with zero attached hydrogens (tertiary/aromatic N) is 6. The van der Waals surface area contributed by atoms with Gasteiger partial charge in [0.25, 0.3) is 0 Å². The maximum atomic E-state index is 10.5. The number of β-amino-alcohol motifs (C(OH)–C–C–N with tert-alkyl or cyclic N) is 1. The van der Waals surface area contributed by atoms with Crippen molar-refractivity contribution in [1.29, 1.82) is 0 Å². The second kappa shape index (κ2) is 4.27. The summed E-state index contributed by atoms with van der Waals surface area (Å²) in [6.07, 6.45) is 4.05. The Balaban J connectivity index is 1.77. The van der Waals surface area contributed by atoms with Crippen LogP contribution in [0.15, 0.2) is 18.6 Å². The van der Waals surface area contributed by atoms with E-state index in [1.807, 2.05) is 11.0 Å². The van der Waals surface area contributed by atoms with Crippen LogP contribution in [0.3, 0.4) is 0 Å². The summed E-state index contributed by atoms with van der Waals surface area (Å²) in [6, 6.07) is 1.96. The molecule has 2 aromatic heterocycles. The zero-order valence-electron chi connectivity index (χ0n) is 11.0. The van der Waals surface area contributed by atoms with Gasteiger partial charge in [0.05, 0.1) is 25.0 Å². The van der Waals surface area contributed by atoms with E-state index >= 15 is 0 Å². The van der Waals surface area contributed by atoms with Gasteiger partial charge in [0, 0.05) is 18.8 Å². The third kappa shape index (κ3) is 1.95. The average molecular weight is 260 g/mol. The number of aliphatic hydroxyl groups is 1. The normalized spacial score (nSPS) is 17.3. The summed E-state index contributed by atoms with van der Waals surface area (Å²) in [5.74, 6) is 0.853. The maximum Gasteiger partial charge on any atom is 0.142 e. The zero-order chi connectivity index (χ0) is 13.5. The van der Waals surface area contributed by atoms with Crippen LogP contribution in [-0.2, 0) is 19.1 Å². The summed E-state index contributed by atoms with van der Waals surface area (Å²) >= 11 is 0. The molecular formula is C12H16N6O. The smallest absolute Gasteiger partial charge is 0.142 e. The molecule has 1 fully saturated rings. The van der Waals surface area contributed by atoms with Crippen molar-refractivity contribution in [3.63, 3.8) is 0 Å². The van der Waals surface area contributed by atoms with Gasteiger partial charge in [0.1, 0.15) is 17.7 Å². The molecule has 0 saturated carbocycles. The van der Waals surface area contributed by atoms with E-state index in [0.29, 0.717) is 13.1 Å². The van der Waals surface area contributed by atoms with E-state index in [0.717, 1.165) is 23.6 Å². The fourth-order valence-corrected chi connectivity index (χ4v) is 2.37. The Kier molecular flexibility index (Phi) is 2.70. The van der Waals surface area contributed by atoms with Crippen molar-refractivity contribution in [3.8, 4) is 0 Å². The molecule has 0 radical (unpaired) electrons. The molecule has 7 nitrogen and oxygen atoms in total. The second-order valence-corrected chi connectivity index (χ2v) is 4.85. The largest absolute Gasteiger partial charge is 0.380 e. The SMILES string of the molecule is CCc1cc(N2CC(O)(c3cnnn3C)C2)ncn1. The first-order chi connectivity index (χ1) is 9.12. The first-order valence-electron chi connectivity index (χ1n) is 6.26. The van der Waals surface area contributed by atoms with E-state index < -0.39 is 5.60 Å². The van der Waals surface area contributed by atoms with Crippen LogP contribution < -0.4 is 4.90 Å². The highest BCUT2D eigenvalue weighted by Crippen LogP contribution is 2.33. The Morgan fingerprint density at radius 1 is 1.37 bits per heavy atom. The molecule has 0 unspecified atom stereocenters. The molecule has 2 aromatic rings. The minimum absolute atomic E-state index is 0.494. The third-order valence-electron chi connectivity index (χ3n) is 3.49. The second-order valence-electron chi connectivity index (χ2n) is 4.85. The van der Waals surface area contributed by atoms with Gasteiger partial charge >= 0.3 is 0 Å². The van der Waals surface area contributed by atoms with Gasteiger partial charge in [-0.05, 0) is 6.42 Å². The fraction of sp³-hybridized carbons (Fsp3) is 0.500. The molecule has 0 amide bonds. The van der Waals surface area contributed by atoms with Crippen molar-refractivity contribution < 1.29 is 5.11 Å². The number of hydrogen-bond acceptors (Lipinski definition) is 6. The van der Waals surface area contributed by atoms with Gasteiger partial charge in [0.2, 0.25) is 0 Å². The van der Waals surface area contributed by atoms with Gasteiger partial charge in [-0.15, -0.1) is 5.10 Å². The molecule has 0 atom stereocenters. The van der Waals surface area contributed by atoms with Crippen LogP contribution in [0.1, 0.15) is 18.3 Å². The predicted octanol–water partition coefficient (Wildman–Crippen LogP) is -0.125. The molecule has 100 valence electrons. The first kappa shape index (κ1) is 12.0. The highest BCUT2D eigenvalue weighted by Gasteiger charge is 2.45. The molecule has 1 aliphatic heterocycles. The Morgan fingerprint density at radius 3 is 2.79 bits per heavy atom. The fourth-order valence-electron chi connectivity index (χ4n) is 2.37. The quantitative estimate of drug-likeness (QED) is 0.828. The lowest BCUT2D eigenvalue weighted by atomic mass is 9.90. The van der Waals surface area contributed by atoms with Crippen LogP contribution in [0.2, 0.25) is 0 Å². The summed E-state index contributed by atoms with van der Waals surface area (Å²) in [5, 5.41) is 18.2. The Labute approximate surface area is 110 Å². The molecule has 0 spiro atoms. The van der Waals surface area contributed by atoms with Crippen LogP contribution in [0, 0.1) is 0 Å². The number of aromatic nitrogens is 5. The molecule has 19 heavy (non-hydrogen) atoms. The van der Waals surface area contributed by atoms with Crippen molar-refractivity contribution in [2.75, 3.05) is 18.0 Å². The van der Waals surface area contributed by atoms with Crippen LogP contribution in [0.25, 0.3) is 0 Å². The molecule has 0 aliphatic carbocycles. The lowest BCUT2D eigenvalue weighted by Crippen LogP contribution is -2.60. The van der Waals surface area contributed by atoms with E-state index in [1.54, 1.807) is 24.3 Å². The number of anilines is 1. The van der Waals surface area contributed by atoms with E-state index in [4.69, 9.17) is 0 Å². The van der Waals surface area contributed by atoms with E-state index in [9.17, 15) is 5.11 Å². The monoisotopic (exact) mass is 260 g/mol. The maximum absolute atomic E-state index is 10.5. The molecule has 1 N–H and O–H groups in total. The molecular weight excluding hydrogens is 244 g/mol. The highest BCUT2D eigenvalue weighted by molar-refractivity contribution is 5.45. The van der Waals surface area contributed by atoms with E-state index in [-0.39, 0.29) is 0 Å². The summed E-state index contributed by atoms with van der Waals surface area (Å²) in [4.78, 5) is 10.4. The van der Waals surface area contributed by atoms with E-state index in [2.05, 4.69) is 27.2 Å². The summed E-state index contributed by atoms with van der Waals surface area (Å²) < 4.78 is 1.61. The molecule has 7 heteroatoms. The van der Waals surface area contributed by atoms with Crippen LogP contribution in [0.5, 0.6) is 0 Å². The molecule has 1 aliphatic rings. The van der Waals surface area contributed by atoms with Gasteiger partial charge in [-0.25, -0.2) is 14.6 Å². The average Bonchev–Trinajstić information content (AvgIpc) is 2.82. The first-order valence-corrected chi connectivity index (χ1v) is 6.26. The molecule has 1 saturated heterocycles. The number of rotatable bonds is 3. The van der Waals surface area contributed by atoms with Crippen LogP contribution in [0.4, 0.5) is 5.82 Å². The lowest BCUT2D eigenvalue weighted by molar-refractivity contribution is -0.000521. The highest BCUT2D eigenvalue weighted by atomic mass is 16.3. The Hall–Kier alpha value is -2.02. The minimum atomic E-state index is -0.893. The van der Waals surface area contributed by atoms with Gasteiger partial charge in [0.15, 0.2) is 0 Å². The van der Waals surface area contributed by atoms with Gasteiger partial charge < -0.3 is 10.0 Å². The molecule has 3 heterocycles. The van der Waals surface area contributed by atoms with Gasteiger partial charge in [-0.1, -0.05) is 12.1 Å². The molecule has 0 bridgehead atoms. The van der Waals surface area contributed by atoms with Crippen molar-refractivity contribution in [3.05, 3.63) is 30.0 Å². The molecule has 3 rings (SSSR count). The standard InChI is InChI=1S/C12H16N6O/c1-3-9-4-11(14-8-13-9)18-6-12(19,7-18)10-5-15-16-17(10)2/h4-5,8,19H,3,6-7H2,1-2H3. The summed E-state index contributed by atoms with van der Waals surface area (Å²) in [6.45, 7) is 3.04.